The Kier molecular flexibility index (Phi) is 7.27. The minimum absolute atomic E-state index is 0.198. The molecule has 1 aromatic carbocycles. The third-order valence-corrected chi connectivity index (χ3v) is 5.22. The fraction of sp³-hybridized carbons (Fsp3) is 0.278. The fourth-order valence-electron chi connectivity index (χ4n) is 2.35. The number of rotatable bonds is 7. The van der Waals surface area contributed by atoms with Crippen molar-refractivity contribution in [2.24, 2.45) is 4.99 Å². The predicted octanol–water partition coefficient (Wildman–Crippen LogP) is 3.89. The van der Waals surface area contributed by atoms with E-state index in [9.17, 15) is 5.11 Å². The van der Waals surface area contributed by atoms with E-state index in [1.54, 1.807) is 24.3 Å². The van der Waals surface area contributed by atoms with Crippen molar-refractivity contribution in [3.8, 4) is 11.4 Å². The first-order valence-corrected chi connectivity index (χ1v) is 10.2. The Bertz CT molecular complexity index is 943. The van der Waals surface area contributed by atoms with Crippen LogP contribution in [0.5, 0.6) is 0 Å². The molecule has 1 atom stereocenters. The van der Waals surface area contributed by atoms with Gasteiger partial charge in [-0.25, -0.2) is 4.99 Å². The first-order chi connectivity index (χ1) is 13.5. The number of halogens is 2. The Morgan fingerprint density at radius 3 is 2.86 bits per heavy atom. The molecule has 28 heavy (non-hydrogen) atoms. The summed E-state index contributed by atoms with van der Waals surface area (Å²) in [5, 5.41) is 21.0. The molecule has 0 bridgehead atoms. The fourth-order valence-corrected chi connectivity index (χ4v) is 3.59. The predicted molar refractivity (Wildman–Crippen MR) is 112 cm³/mol. The Morgan fingerprint density at radius 1 is 1.29 bits per heavy atom. The number of guanidine groups is 1. The van der Waals surface area contributed by atoms with Gasteiger partial charge in [-0.1, -0.05) is 40.5 Å². The highest BCUT2D eigenvalue weighted by Crippen LogP contribution is 2.26. The van der Waals surface area contributed by atoms with E-state index in [1.165, 1.54) is 11.3 Å². The molecule has 148 valence electrons. The Labute approximate surface area is 176 Å². The normalized spacial score (nSPS) is 12.8. The van der Waals surface area contributed by atoms with Gasteiger partial charge in [0.05, 0.1) is 4.34 Å². The number of aliphatic hydroxyl groups is 1. The second-order valence-electron chi connectivity index (χ2n) is 5.76. The summed E-state index contributed by atoms with van der Waals surface area (Å²) in [6.45, 7) is 3.12. The molecule has 2 aromatic heterocycles. The lowest BCUT2D eigenvalue weighted by molar-refractivity contribution is 0.184. The van der Waals surface area contributed by atoms with Crippen LogP contribution in [0.2, 0.25) is 9.36 Å². The number of benzene rings is 1. The smallest absolute Gasteiger partial charge is 0.248 e. The molecule has 0 aliphatic heterocycles. The van der Waals surface area contributed by atoms with E-state index in [0.717, 1.165) is 10.4 Å². The van der Waals surface area contributed by atoms with Gasteiger partial charge in [0.15, 0.2) is 5.96 Å². The highest BCUT2D eigenvalue weighted by atomic mass is 35.5. The zero-order valence-electron chi connectivity index (χ0n) is 15.0. The Balaban J connectivity index is 1.61. The summed E-state index contributed by atoms with van der Waals surface area (Å²) in [5.74, 6) is 1.36. The summed E-state index contributed by atoms with van der Waals surface area (Å²) in [6.07, 6.45) is -0.681. The monoisotopic (exact) mass is 439 g/mol. The van der Waals surface area contributed by atoms with Gasteiger partial charge < -0.3 is 20.3 Å². The second-order valence-corrected chi connectivity index (χ2v) is 7.94. The maximum absolute atomic E-state index is 10.2. The summed E-state index contributed by atoms with van der Waals surface area (Å²) < 4.78 is 5.90. The first-order valence-electron chi connectivity index (χ1n) is 8.59. The lowest BCUT2D eigenvalue weighted by Crippen LogP contribution is -2.39. The van der Waals surface area contributed by atoms with Gasteiger partial charge in [-0.2, -0.15) is 4.98 Å². The van der Waals surface area contributed by atoms with Crippen molar-refractivity contribution in [3.63, 3.8) is 0 Å². The van der Waals surface area contributed by atoms with Crippen LogP contribution in [0.25, 0.3) is 11.4 Å². The van der Waals surface area contributed by atoms with E-state index >= 15 is 0 Å². The molecule has 0 amide bonds. The molecule has 0 saturated carbocycles. The van der Waals surface area contributed by atoms with Crippen molar-refractivity contribution < 1.29 is 9.63 Å². The van der Waals surface area contributed by atoms with Gasteiger partial charge in [0.2, 0.25) is 11.7 Å². The van der Waals surface area contributed by atoms with Crippen molar-refractivity contribution in [1.29, 1.82) is 0 Å². The topological polar surface area (TPSA) is 95.6 Å². The second kappa shape index (κ2) is 9.88. The third kappa shape index (κ3) is 5.68. The molecule has 10 heteroatoms. The van der Waals surface area contributed by atoms with E-state index < -0.39 is 6.10 Å². The molecule has 7 nitrogen and oxygen atoms in total. The highest BCUT2D eigenvalue weighted by molar-refractivity contribution is 7.16. The standard InChI is InChI=1S/C18H19Cl2N5O2S/c1-2-21-18(22-9-13(26)14-6-7-15(20)28-14)23-10-16-24-17(25-27-16)11-4-3-5-12(19)8-11/h3-8,13,26H,2,9-10H2,1H3,(H2,21,22,23). The average Bonchev–Trinajstić information content (AvgIpc) is 3.33. The molecule has 0 aliphatic rings. The van der Waals surface area contributed by atoms with E-state index in [2.05, 4.69) is 25.8 Å². The van der Waals surface area contributed by atoms with Gasteiger partial charge >= 0.3 is 0 Å². The van der Waals surface area contributed by atoms with Crippen molar-refractivity contribution in [1.82, 2.24) is 20.8 Å². The minimum atomic E-state index is -0.681. The van der Waals surface area contributed by atoms with Crippen LogP contribution < -0.4 is 10.6 Å². The summed E-state index contributed by atoms with van der Waals surface area (Å²) in [7, 11) is 0. The van der Waals surface area contributed by atoms with Gasteiger partial charge in [0.25, 0.3) is 0 Å². The Morgan fingerprint density at radius 2 is 2.14 bits per heavy atom. The molecule has 2 heterocycles. The number of nitrogens with zero attached hydrogens (tertiary/aromatic N) is 3. The molecule has 3 N–H and O–H groups in total. The molecule has 0 radical (unpaired) electrons. The zero-order chi connectivity index (χ0) is 19.9. The molecule has 0 aliphatic carbocycles. The van der Waals surface area contributed by atoms with E-state index in [1.807, 2.05) is 19.1 Å². The molecular weight excluding hydrogens is 421 g/mol. The van der Waals surface area contributed by atoms with Crippen LogP contribution in [0.1, 0.15) is 23.8 Å². The highest BCUT2D eigenvalue weighted by Gasteiger charge is 2.12. The SMILES string of the molecule is CCNC(=NCc1nc(-c2cccc(Cl)c2)no1)NCC(O)c1ccc(Cl)s1. The maximum atomic E-state index is 10.2. The molecule has 1 unspecified atom stereocenters. The van der Waals surface area contributed by atoms with Gasteiger partial charge in [-0.05, 0) is 31.2 Å². The third-order valence-electron chi connectivity index (χ3n) is 3.65. The lowest BCUT2D eigenvalue weighted by Gasteiger charge is -2.14. The van der Waals surface area contributed by atoms with Crippen LogP contribution in [0.15, 0.2) is 45.9 Å². The molecule has 0 fully saturated rings. The van der Waals surface area contributed by atoms with Crippen molar-refractivity contribution in [2.75, 3.05) is 13.1 Å². The number of aromatic nitrogens is 2. The van der Waals surface area contributed by atoms with E-state index in [0.29, 0.717) is 40.1 Å². The number of aliphatic imine (C=N–C) groups is 1. The van der Waals surface area contributed by atoms with Crippen LogP contribution in [-0.2, 0) is 6.54 Å². The van der Waals surface area contributed by atoms with Crippen LogP contribution in [0.4, 0.5) is 0 Å². The van der Waals surface area contributed by atoms with Gasteiger partial charge in [-0.15, -0.1) is 11.3 Å². The maximum Gasteiger partial charge on any atom is 0.248 e. The van der Waals surface area contributed by atoms with Crippen molar-refractivity contribution in [2.45, 2.75) is 19.6 Å². The molecule has 3 aromatic rings. The largest absolute Gasteiger partial charge is 0.386 e. The number of hydrogen-bond donors (Lipinski definition) is 3. The minimum Gasteiger partial charge on any atom is -0.386 e. The molecular formula is C18H19Cl2N5O2S. The van der Waals surface area contributed by atoms with Crippen LogP contribution in [0.3, 0.4) is 0 Å². The number of aliphatic hydroxyl groups excluding tert-OH is 1. The summed E-state index contributed by atoms with van der Waals surface area (Å²) in [5.41, 5.74) is 0.772. The summed E-state index contributed by atoms with van der Waals surface area (Å²) in [6, 6.07) is 10.8. The molecule has 0 saturated heterocycles. The van der Waals surface area contributed by atoms with Crippen LogP contribution >= 0.6 is 34.5 Å². The molecule has 3 rings (SSSR count). The summed E-state index contributed by atoms with van der Waals surface area (Å²) in [4.78, 5) is 9.54. The van der Waals surface area contributed by atoms with E-state index in [4.69, 9.17) is 27.7 Å². The van der Waals surface area contributed by atoms with Crippen molar-refractivity contribution >= 4 is 40.5 Å². The number of nitrogens with one attached hydrogen (secondary N) is 2. The quantitative estimate of drug-likeness (QED) is 0.381. The number of hydrogen-bond acceptors (Lipinski definition) is 6. The van der Waals surface area contributed by atoms with Gasteiger partial charge in [-0.3, -0.25) is 0 Å². The zero-order valence-corrected chi connectivity index (χ0v) is 17.4. The van der Waals surface area contributed by atoms with Gasteiger partial charge in [0, 0.05) is 28.6 Å². The summed E-state index contributed by atoms with van der Waals surface area (Å²) >= 11 is 13.2. The first kappa shape index (κ1) is 20.6. The molecule has 0 spiro atoms. The number of thiophene rings is 1. The lowest BCUT2D eigenvalue weighted by atomic mass is 10.2. The van der Waals surface area contributed by atoms with E-state index in [-0.39, 0.29) is 6.54 Å². The van der Waals surface area contributed by atoms with Gasteiger partial charge in [0.1, 0.15) is 12.6 Å². The van der Waals surface area contributed by atoms with Crippen LogP contribution in [0, 0.1) is 0 Å². The Hall–Kier alpha value is -2.13. The average molecular weight is 440 g/mol. The van der Waals surface area contributed by atoms with Crippen molar-refractivity contribution in [3.05, 3.63) is 56.5 Å². The van der Waals surface area contributed by atoms with Crippen LogP contribution in [-0.4, -0.2) is 34.3 Å².